The number of aliphatic hydroxyl groups excluding tert-OH is 1. The molecule has 2 aromatic carbocycles. The van der Waals surface area contributed by atoms with Crippen LogP contribution in [0.15, 0.2) is 53.4 Å². The minimum absolute atomic E-state index is 0.0961. The van der Waals surface area contributed by atoms with Gasteiger partial charge >= 0.3 is 0 Å². The second kappa shape index (κ2) is 7.11. The molecule has 7 heteroatoms. The molecule has 22 heavy (non-hydrogen) atoms. The van der Waals surface area contributed by atoms with Gasteiger partial charge in [-0.1, -0.05) is 23.7 Å². The van der Waals surface area contributed by atoms with Crippen LogP contribution in [0.1, 0.15) is 11.7 Å². The SMILES string of the molecule is COc1ccc(C(O)CNS(=O)(=O)c2ccc(Cl)cc2)cc1. The van der Waals surface area contributed by atoms with Crippen LogP contribution in [0.3, 0.4) is 0 Å². The molecule has 118 valence electrons. The molecule has 1 unspecified atom stereocenters. The lowest BCUT2D eigenvalue weighted by Crippen LogP contribution is -2.28. The highest BCUT2D eigenvalue weighted by atomic mass is 35.5. The first-order valence-corrected chi connectivity index (χ1v) is 8.36. The van der Waals surface area contributed by atoms with E-state index in [-0.39, 0.29) is 11.4 Å². The Morgan fingerprint density at radius 2 is 1.73 bits per heavy atom. The average molecular weight is 342 g/mol. The molecular formula is C15H16ClNO4S. The van der Waals surface area contributed by atoms with Gasteiger partial charge in [0.25, 0.3) is 0 Å². The van der Waals surface area contributed by atoms with E-state index in [1.807, 2.05) is 0 Å². The largest absolute Gasteiger partial charge is 0.497 e. The zero-order valence-corrected chi connectivity index (χ0v) is 13.4. The van der Waals surface area contributed by atoms with Crippen LogP contribution in [-0.4, -0.2) is 27.2 Å². The summed E-state index contributed by atoms with van der Waals surface area (Å²) >= 11 is 5.73. The molecule has 0 fully saturated rings. The van der Waals surface area contributed by atoms with Crippen molar-refractivity contribution in [1.29, 1.82) is 0 Å². The Morgan fingerprint density at radius 3 is 2.27 bits per heavy atom. The summed E-state index contributed by atoms with van der Waals surface area (Å²) in [5, 5.41) is 10.5. The second-order valence-corrected chi connectivity index (χ2v) is 6.80. The highest BCUT2D eigenvalue weighted by molar-refractivity contribution is 7.89. The molecule has 0 bridgehead atoms. The van der Waals surface area contributed by atoms with E-state index in [1.165, 1.54) is 24.3 Å². The maximum absolute atomic E-state index is 12.1. The number of nitrogens with one attached hydrogen (secondary N) is 1. The fraction of sp³-hybridized carbons (Fsp3) is 0.200. The number of halogens is 1. The number of ether oxygens (including phenoxy) is 1. The number of sulfonamides is 1. The Labute approximate surface area is 134 Å². The van der Waals surface area contributed by atoms with Crippen molar-refractivity contribution in [1.82, 2.24) is 4.72 Å². The van der Waals surface area contributed by atoms with Crippen LogP contribution < -0.4 is 9.46 Å². The van der Waals surface area contributed by atoms with E-state index in [0.717, 1.165) is 0 Å². The van der Waals surface area contributed by atoms with Gasteiger partial charge < -0.3 is 9.84 Å². The third kappa shape index (κ3) is 4.20. The summed E-state index contributed by atoms with van der Waals surface area (Å²) in [7, 11) is -2.14. The lowest BCUT2D eigenvalue weighted by Gasteiger charge is -2.13. The summed E-state index contributed by atoms with van der Waals surface area (Å²) in [6.45, 7) is -0.128. The van der Waals surface area contributed by atoms with Gasteiger partial charge in [-0.05, 0) is 42.0 Å². The number of benzene rings is 2. The quantitative estimate of drug-likeness (QED) is 0.845. The summed E-state index contributed by atoms with van der Waals surface area (Å²) in [6.07, 6.45) is -0.951. The Bertz CT molecular complexity index is 714. The standard InChI is InChI=1S/C15H16ClNO4S/c1-21-13-6-2-11(3-7-13)15(18)10-17-22(19,20)14-8-4-12(16)5-9-14/h2-9,15,17-18H,10H2,1H3. The third-order valence-corrected chi connectivity index (χ3v) is 4.78. The van der Waals surface area contributed by atoms with E-state index in [9.17, 15) is 13.5 Å². The molecule has 0 spiro atoms. The Kier molecular flexibility index (Phi) is 5.42. The fourth-order valence-electron chi connectivity index (χ4n) is 1.83. The summed E-state index contributed by atoms with van der Waals surface area (Å²) in [4.78, 5) is 0.0961. The van der Waals surface area contributed by atoms with Crippen LogP contribution >= 0.6 is 11.6 Å². The summed E-state index contributed by atoms with van der Waals surface area (Å²) < 4.78 is 31.6. The van der Waals surface area contributed by atoms with E-state index in [2.05, 4.69) is 4.72 Å². The predicted molar refractivity (Wildman–Crippen MR) is 84.6 cm³/mol. The van der Waals surface area contributed by atoms with Gasteiger partial charge in [0.1, 0.15) is 5.75 Å². The van der Waals surface area contributed by atoms with Gasteiger partial charge in [-0.25, -0.2) is 13.1 Å². The van der Waals surface area contributed by atoms with Crippen molar-refractivity contribution in [3.8, 4) is 5.75 Å². The Morgan fingerprint density at radius 1 is 1.14 bits per heavy atom. The predicted octanol–water partition coefficient (Wildman–Crippen LogP) is 2.36. The van der Waals surface area contributed by atoms with Crippen LogP contribution in [-0.2, 0) is 10.0 Å². The van der Waals surface area contributed by atoms with Gasteiger partial charge in [-0.3, -0.25) is 0 Å². The number of rotatable bonds is 6. The fourth-order valence-corrected chi connectivity index (χ4v) is 2.99. The van der Waals surface area contributed by atoms with Crippen molar-refractivity contribution in [3.63, 3.8) is 0 Å². The third-order valence-electron chi connectivity index (χ3n) is 3.09. The van der Waals surface area contributed by atoms with E-state index in [0.29, 0.717) is 16.3 Å². The van der Waals surface area contributed by atoms with Crippen LogP contribution in [0.2, 0.25) is 5.02 Å². The number of aliphatic hydroxyl groups is 1. The van der Waals surface area contributed by atoms with Crippen molar-refractivity contribution in [3.05, 3.63) is 59.1 Å². The van der Waals surface area contributed by atoms with Crippen LogP contribution in [0.25, 0.3) is 0 Å². The molecule has 0 aromatic heterocycles. The first kappa shape index (κ1) is 16.8. The second-order valence-electron chi connectivity index (χ2n) is 4.59. The average Bonchev–Trinajstić information content (AvgIpc) is 2.53. The summed E-state index contributed by atoms with van der Waals surface area (Å²) in [5.74, 6) is 0.665. The van der Waals surface area contributed by atoms with Crippen LogP contribution in [0.4, 0.5) is 0 Å². The maximum Gasteiger partial charge on any atom is 0.240 e. The van der Waals surface area contributed by atoms with Gasteiger partial charge in [0, 0.05) is 11.6 Å². The molecule has 0 aliphatic carbocycles. The molecule has 0 heterocycles. The van der Waals surface area contributed by atoms with E-state index >= 15 is 0 Å². The minimum Gasteiger partial charge on any atom is -0.497 e. The number of methoxy groups -OCH3 is 1. The molecule has 5 nitrogen and oxygen atoms in total. The summed E-state index contributed by atoms with van der Waals surface area (Å²) in [5.41, 5.74) is 0.597. The number of hydrogen-bond donors (Lipinski definition) is 2. The van der Waals surface area contributed by atoms with Crippen LogP contribution in [0.5, 0.6) is 5.75 Å². The normalized spacial score (nSPS) is 12.9. The smallest absolute Gasteiger partial charge is 0.240 e. The number of hydrogen-bond acceptors (Lipinski definition) is 4. The summed E-state index contributed by atoms with van der Waals surface area (Å²) in [6, 6.07) is 12.6. The molecule has 1 atom stereocenters. The molecule has 0 aliphatic rings. The highest BCUT2D eigenvalue weighted by Crippen LogP contribution is 2.18. The van der Waals surface area contributed by atoms with Crippen LogP contribution in [0, 0.1) is 0 Å². The molecular weight excluding hydrogens is 326 g/mol. The minimum atomic E-state index is -3.69. The molecule has 0 saturated carbocycles. The highest BCUT2D eigenvalue weighted by Gasteiger charge is 2.16. The van der Waals surface area contributed by atoms with Crippen molar-refractivity contribution >= 4 is 21.6 Å². The molecule has 0 aliphatic heterocycles. The monoisotopic (exact) mass is 341 g/mol. The molecule has 2 aromatic rings. The van der Waals surface area contributed by atoms with Gasteiger partial charge in [0.15, 0.2) is 0 Å². The van der Waals surface area contributed by atoms with Crippen molar-refractivity contribution < 1.29 is 18.3 Å². The zero-order chi connectivity index (χ0) is 16.2. The lowest BCUT2D eigenvalue weighted by atomic mass is 10.1. The molecule has 2 rings (SSSR count). The maximum atomic E-state index is 12.1. The van der Waals surface area contributed by atoms with Crippen molar-refractivity contribution in [2.24, 2.45) is 0 Å². The Hall–Kier alpha value is -1.60. The molecule has 0 radical (unpaired) electrons. The van der Waals surface area contributed by atoms with Gasteiger partial charge in [0.2, 0.25) is 10.0 Å². The topological polar surface area (TPSA) is 75.6 Å². The zero-order valence-electron chi connectivity index (χ0n) is 11.9. The van der Waals surface area contributed by atoms with Gasteiger partial charge in [-0.2, -0.15) is 0 Å². The van der Waals surface area contributed by atoms with Gasteiger partial charge in [0.05, 0.1) is 18.1 Å². The van der Waals surface area contributed by atoms with E-state index < -0.39 is 16.1 Å². The van der Waals surface area contributed by atoms with E-state index in [1.54, 1.807) is 31.4 Å². The Balaban J connectivity index is 2.02. The molecule has 2 N–H and O–H groups in total. The molecule has 0 saturated heterocycles. The van der Waals surface area contributed by atoms with E-state index in [4.69, 9.17) is 16.3 Å². The van der Waals surface area contributed by atoms with Gasteiger partial charge in [-0.15, -0.1) is 0 Å². The lowest BCUT2D eigenvalue weighted by molar-refractivity contribution is 0.182. The van der Waals surface area contributed by atoms with Crippen molar-refractivity contribution in [2.45, 2.75) is 11.0 Å². The molecule has 0 amide bonds. The first-order chi connectivity index (χ1) is 10.4. The first-order valence-electron chi connectivity index (χ1n) is 6.49. The van der Waals surface area contributed by atoms with Crippen molar-refractivity contribution in [2.75, 3.05) is 13.7 Å².